The monoisotopic (exact) mass is 396 g/mol. The Morgan fingerprint density at radius 3 is 2.93 bits per heavy atom. The summed E-state index contributed by atoms with van der Waals surface area (Å²) >= 11 is 6.15. The number of nitrogens with zero attached hydrogens (tertiary/aromatic N) is 1. The van der Waals surface area contributed by atoms with Gasteiger partial charge in [-0.25, -0.2) is 0 Å². The van der Waals surface area contributed by atoms with Gasteiger partial charge in [0.15, 0.2) is 0 Å². The molecule has 0 bridgehead atoms. The number of carbonyl (C=O) groups is 1. The third kappa shape index (κ3) is 3.81. The molecule has 4 rings (SSSR count). The Labute approximate surface area is 168 Å². The summed E-state index contributed by atoms with van der Waals surface area (Å²) < 4.78 is 10.8. The number of para-hydroxylation sites is 1. The van der Waals surface area contributed by atoms with Crippen molar-refractivity contribution in [2.75, 3.05) is 20.3 Å². The number of methoxy groups -OCH3 is 1. The fourth-order valence-corrected chi connectivity index (χ4v) is 3.89. The van der Waals surface area contributed by atoms with E-state index in [1.807, 2.05) is 30.5 Å². The van der Waals surface area contributed by atoms with Crippen LogP contribution in [-0.2, 0) is 11.2 Å². The Morgan fingerprint density at radius 1 is 1.25 bits per heavy atom. The first kappa shape index (κ1) is 18.7. The van der Waals surface area contributed by atoms with E-state index in [0.29, 0.717) is 29.5 Å². The maximum Gasteiger partial charge on any atom is 0.251 e. The summed E-state index contributed by atoms with van der Waals surface area (Å²) in [6, 6.07) is 15.1. The van der Waals surface area contributed by atoms with Gasteiger partial charge in [0.1, 0.15) is 5.75 Å². The second-order valence-electron chi connectivity index (χ2n) is 6.92. The Morgan fingerprint density at radius 2 is 2.11 bits per heavy atom. The summed E-state index contributed by atoms with van der Waals surface area (Å²) in [5.41, 5.74) is 2.70. The summed E-state index contributed by atoms with van der Waals surface area (Å²) in [6.45, 7) is 1.12. The first-order chi connectivity index (χ1) is 13.7. The number of hydrogen-bond acceptors (Lipinski definition) is 4. The molecule has 1 fully saturated rings. The molecule has 0 saturated carbocycles. The third-order valence-corrected chi connectivity index (χ3v) is 5.45. The van der Waals surface area contributed by atoms with Gasteiger partial charge >= 0.3 is 0 Å². The highest BCUT2D eigenvalue weighted by Gasteiger charge is 2.30. The summed E-state index contributed by atoms with van der Waals surface area (Å²) in [5, 5.41) is 4.66. The molecule has 1 amide bonds. The zero-order valence-corrected chi connectivity index (χ0v) is 16.3. The van der Waals surface area contributed by atoms with Crippen molar-refractivity contribution in [1.29, 1.82) is 0 Å². The molecule has 2 aromatic carbocycles. The van der Waals surface area contributed by atoms with E-state index in [1.54, 1.807) is 25.3 Å². The van der Waals surface area contributed by atoms with Crippen LogP contribution in [0.3, 0.4) is 0 Å². The van der Waals surface area contributed by atoms with Crippen molar-refractivity contribution in [2.24, 2.45) is 5.92 Å². The van der Waals surface area contributed by atoms with Crippen LogP contribution in [0, 0.1) is 5.92 Å². The number of benzene rings is 2. The van der Waals surface area contributed by atoms with Crippen LogP contribution in [-0.4, -0.2) is 37.3 Å². The predicted molar refractivity (Wildman–Crippen MR) is 109 cm³/mol. The summed E-state index contributed by atoms with van der Waals surface area (Å²) in [4.78, 5) is 17.1. The number of halogens is 1. The minimum absolute atomic E-state index is 0.0553. The average molecular weight is 397 g/mol. The number of pyridine rings is 1. The lowest BCUT2D eigenvalue weighted by Gasteiger charge is -2.20. The molecule has 0 spiro atoms. The molecular formula is C22H21ClN2O3. The number of aromatic nitrogens is 1. The first-order valence-corrected chi connectivity index (χ1v) is 9.58. The number of ether oxygens (including phenoxy) is 2. The van der Waals surface area contributed by atoms with E-state index in [0.717, 1.165) is 17.3 Å². The molecular weight excluding hydrogens is 376 g/mol. The van der Waals surface area contributed by atoms with E-state index in [-0.39, 0.29) is 17.9 Å². The first-order valence-electron chi connectivity index (χ1n) is 9.20. The zero-order chi connectivity index (χ0) is 19.5. The molecule has 144 valence electrons. The van der Waals surface area contributed by atoms with Gasteiger partial charge in [-0.15, -0.1) is 0 Å². The molecule has 1 saturated heterocycles. The van der Waals surface area contributed by atoms with Crippen molar-refractivity contribution in [1.82, 2.24) is 10.3 Å². The largest absolute Gasteiger partial charge is 0.495 e. The highest BCUT2D eigenvalue weighted by atomic mass is 35.5. The molecule has 1 aromatic heterocycles. The smallest absolute Gasteiger partial charge is 0.251 e. The van der Waals surface area contributed by atoms with Crippen LogP contribution in [0.25, 0.3) is 10.9 Å². The summed E-state index contributed by atoms with van der Waals surface area (Å²) in [7, 11) is 1.55. The van der Waals surface area contributed by atoms with Crippen molar-refractivity contribution >= 4 is 28.4 Å². The van der Waals surface area contributed by atoms with Gasteiger partial charge in [-0.2, -0.15) is 0 Å². The molecule has 2 heterocycles. The van der Waals surface area contributed by atoms with Gasteiger partial charge in [-0.1, -0.05) is 29.8 Å². The van der Waals surface area contributed by atoms with Gasteiger partial charge in [0, 0.05) is 23.1 Å². The Balaban J connectivity index is 1.49. The number of amides is 1. The minimum atomic E-state index is -0.162. The zero-order valence-electron chi connectivity index (χ0n) is 15.5. The minimum Gasteiger partial charge on any atom is -0.495 e. The van der Waals surface area contributed by atoms with Crippen LogP contribution < -0.4 is 10.1 Å². The Bertz CT molecular complexity index is 1000. The van der Waals surface area contributed by atoms with E-state index in [9.17, 15) is 4.79 Å². The van der Waals surface area contributed by atoms with Gasteiger partial charge in [0.2, 0.25) is 0 Å². The Kier molecular flexibility index (Phi) is 5.46. The molecule has 1 aliphatic rings. The standard InChI is InChI=1S/C22H21ClN2O3/c1-27-21-7-6-15(11-18(21)23)22(26)25-20-13-28-12-16(20)10-14-8-9-24-19-5-3-2-4-17(14)19/h2-9,11,16,20H,10,12-13H2,1H3,(H,25,26)/t16-,20-/m1/s1. The second-order valence-corrected chi connectivity index (χ2v) is 7.33. The summed E-state index contributed by atoms with van der Waals surface area (Å²) in [6.07, 6.45) is 2.65. The van der Waals surface area contributed by atoms with Gasteiger partial charge in [-0.3, -0.25) is 9.78 Å². The summed E-state index contributed by atoms with van der Waals surface area (Å²) in [5.74, 6) is 0.581. The van der Waals surface area contributed by atoms with Crippen LogP contribution >= 0.6 is 11.6 Å². The van der Waals surface area contributed by atoms with Crippen molar-refractivity contribution in [3.05, 3.63) is 70.9 Å². The van der Waals surface area contributed by atoms with Gasteiger partial charge in [-0.05, 0) is 42.3 Å². The quantitative estimate of drug-likeness (QED) is 0.710. The molecule has 28 heavy (non-hydrogen) atoms. The number of nitrogens with one attached hydrogen (secondary N) is 1. The van der Waals surface area contributed by atoms with E-state index in [1.165, 1.54) is 5.56 Å². The van der Waals surface area contributed by atoms with Crippen molar-refractivity contribution in [3.63, 3.8) is 0 Å². The van der Waals surface area contributed by atoms with Crippen molar-refractivity contribution in [2.45, 2.75) is 12.5 Å². The molecule has 3 aromatic rings. The highest BCUT2D eigenvalue weighted by molar-refractivity contribution is 6.32. The maximum atomic E-state index is 12.7. The predicted octanol–water partition coefficient (Wildman–Crippen LogP) is 3.88. The molecule has 5 nitrogen and oxygen atoms in total. The molecule has 1 N–H and O–H groups in total. The fraction of sp³-hybridized carbons (Fsp3) is 0.273. The highest BCUT2D eigenvalue weighted by Crippen LogP contribution is 2.26. The SMILES string of the molecule is COc1ccc(C(=O)N[C@@H]2COC[C@H]2Cc2ccnc3ccccc23)cc1Cl. The number of carbonyl (C=O) groups excluding carboxylic acids is 1. The van der Waals surface area contributed by atoms with E-state index < -0.39 is 0 Å². The van der Waals surface area contributed by atoms with Crippen molar-refractivity contribution in [3.8, 4) is 5.75 Å². The van der Waals surface area contributed by atoms with Gasteiger partial charge in [0.05, 0.1) is 36.9 Å². The molecule has 0 radical (unpaired) electrons. The maximum absolute atomic E-state index is 12.7. The number of hydrogen-bond donors (Lipinski definition) is 1. The Hall–Kier alpha value is -2.63. The molecule has 0 unspecified atom stereocenters. The van der Waals surface area contributed by atoms with Crippen molar-refractivity contribution < 1.29 is 14.3 Å². The van der Waals surface area contributed by atoms with Crippen LogP contribution in [0.4, 0.5) is 0 Å². The number of fused-ring (bicyclic) bond motifs is 1. The van der Waals surface area contributed by atoms with Gasteiger partial charge in [0.25, 0.3) is 5.91 Å². The van der Waals surface area contributed by atoms with E-state index in [2.05, 4.69) is 16.4 Å². The lowest BCUT2D eigenvalue weighted by molar-refractivity contribution is 0.0925. The average Bonchev–Trinajstić information content (AvgIpc) is 3.14. The molecule has 1 aliphatic heterocycles. The lowest BCUT2D eigenvalue weighted by Crippen LogP contribution is -2.40. The van der Waals surface area contributed by atoms with Crippen LogP contribution in [0.1, 0.15) is 15.9 Å². The van der Waals surface area contributed by atoms with Crippen LogP contribution in [0.15, 0.2) is 54.7 Å². The van der Waals surface area contributed by atoms with Crippen LogP contribution in [0.5, 0.6) is 5.75 Å². The van der Waals surface area contributed by atoms with Crippen LogP contribution in [0.2, 0.25) is 5.02 Å². The van der Waals surface area contributed by atoms with E-state index in [4.69, 9.17) is 21.1 Å². The topological polar surface area (TPSA) is 60.5 Å². The third-order valence-electron chi connectivity index (χ3n) is 5.15. The molecule has 2 atom stereocenters. The molecule has 0 aliphatic carbocycles. The molecule has 6 heteroatoms. The van der Waals surface area contributed by atoms with E-state index >= 15 is 0 Å². The fourth-order valence-electron chi connectivity index (χ4n) is 3.63. The second kappa shape index (κ2) is 8.17. The normalized spacial score (nSPS) is 18.9. The number of rotatable bonds is 5. The lowest BCUT2D eigenvalue weighted by atomic mass is 9.93. The van der Waals surface area contributed by atoms with Gasteiger partial charge < -0.3 is 14.8 Å².